The van der Waals surface area contributed by atoms with Crippen LogP contribution in [0.1, 0.15) is 33.6 Å². The smallest absolute Gasteiger partial charge is 0.218 e. The van der Waals surface area contributed by atoms with E-state index >= 15 is 0 Å². The number of amidine groups is 1. The van der Waals surface area contributed by atoms with Crippen LogP contribution < -0.4 is 0 Å². The van der Waals surface area contributed by atoms with Crippen molar-refractivity contribution < 1.29 is 9.47 Å². The molecule has 4 aliphatic rings. The molecular weight excluding hydrogens is 256 g/mol. The number of rotatable bonds is 2. The van der Waals surface area contributed by atoms with Crippen LogP contribution in [0.5, 0.6) is 0 Å². The Morgan fingerprint density at radius 2 is 2.00 bits per heavy atom. The van der Waals surface area contributed by atoms with Crippen molar-refractivity contribution in [3.05, 3.63) is 0 Å². The summed E-state index contributed by atoms with van der Waals surface area (Å²) in [6, 6.07) is 4.45. The van der Waals surface area contributed by atoms with Crippen LogP contribution >= 0.6 is 0 Å². The maximum absolute atomic E-state index is 9.82. The van der Waals surface area contributed by atoms with Gasteiger partial charge in [-0.3, -0.25) is 5.41 Å². The minimum Gasteiger partial charge on any atom is -0.447 e. The van der Waals surface area contributed by atoms with Crippen molar-refractivity contribution in [1.29, 1.82) is 15.9 Å². The van der Waals surface area contributed by atoms with Crippen LogP contribution in [-0.4, -0.2) is 23.6 Å². The van der Waals surface area contributed by atoms with E-state index in [9.17, 15) is 10.5 Å². The van der Waals surface area contributed by atoms with Gasteiger partial charge in [0.1, 0.15) is 5.84 Å². The second kappa shape index (κ2) is 3.59. The zero-order chi connectivity index (χ0) is 14.8. The van der Waals surface area contributed by atoms with Crippen molar-refractivity contribution in [3.63, 3.8) is 0 Å². The maximum Gasteiger partial charge on any atom is 0.218 e. The van der Waals surface area contributed by atoms with E-state index < -0.39 is 28.6 Å². The molecule has 3 fully saturated rings. The Hall–Kier alpha value is -1.92. The van der Waals surface area contributed by atoms with Crippen LogP contribution in [0.4, 0.5) is 0 Å². The molecule has 104 valence electrons. The van der Waals surface area contributed by atoms with Gasteiger partial charge in [0.25, 0.3) is 0 Å². The molecule has 0 aromatic carbocycles. The van der Waals surface area contributed by atoms with E-state index in [0.29, 0.717) is 6.42 Å². The zero-order valence-electron chi connectivity index (χ0n) is 11.7. The average molecular weight is 272 g/mol. The highest BCUT2D eigenvalue weighted by atomic mass is 16.7. The largest absolute Gasteiger partial charge is 0.447 e. The van der Waals surface area contributed by atoms with Crippen molar-refractivity contribution in [2.75, 3.05) is 0 Å². The first-order valence-corrected chi connectivity index (χ1v) is 6.80. The van der Waals surface area contributed by atoms with Crippen molar-refractivity contribution in [3.8, 4) is 12.1 Å². The maximum atomic E-state index is 9.82. The SMILES string of the molecule is CCCC1OC2(C)OC3=NC(=N)C(C#N)(C2C)C31C#N. The molecule has 1 N–H and O–H groups in total. The Balaban J connectivity index is 2.31. The van der Waals surface area contributed by atoms with Gasteiger partial charge in [-0.05, 0) is 6.42 Å². The van der Waals surface area contributed by atoms with Crippen LogP contribution in [0.15, 0.2) is 4.99 Å². The van der Waals surface area contributed by atoms with E-state index in [-0.39, 0.29) is 11.7 Å². The molecule has 0 aromatic heterocycles. The van der Waals surface area contributed by atoms with E-state index in [1.165, 1.54) is 0 Å². The van der Waals surface area contributed by atoms with E-state index in [4.69, 9.17) is 14.9 Å². The topological polar surface area (TPSA) is 102 Å². The van der Waals surface area contributed by atoms with Gasteiger partial charge in [0, 0.05) is 12.8 Å². The van der Waals surface area contributed by atoms with E-state index in [2.05, 4.69) is 17.1 Å². The number of nitrogens with zero attached hydrogens (tertiary/aromatic N) is 3. The van der Waals surface area contributed by atoms with Crippen molar-refractivity contribution in [2.24, 2.45) is 21.7 Å². The Bertz CT molecular complexity index is 616. The van der Waals surface area contributed by atoms with Gasteiger partial charge in [0.2, 0.25) is 11.7 Å². The summed E-state index contributed by atoms with van der Waals surface area (Å²) < 4.78 is 11.8. The molecule has 0 aliphatic carbocycles. The highest BCUT2D eigenvalue weighted by molar-refractivity contribution is 6.12. The molecule has 0 amide bonds. The summed E-state index contributed by atoms with van der Waals surface area (Å²) in [5, 5.41) is 27.8. The predicted molar refractivity (Wildman–Crippen MR) is 69.7 cm³/mol. The zero-order valence-corrected chi connectivity index (χ0v) is 11.7. The lowest BCUT2D eigenvalue weighted by atomic mass is 9.51. The van der Waals surface area contributed by atoms with Crippen LogP contribution in [0.25, 0.3) is 0 Å². The van der Waals surface area contributed by atoms with Crippen LogP contribution in [-0.2, 0) is 9.47 Å². The summed E-state index contributed by atoms with van der Waals surface area (Å²) in [6.45, 7) is 5.56. The fourth-order valence-corrected chi connectivity index (χ4v) is 3.83. The summed E-state index contributed by atoms with van der Waals surface area (Å²) in [4.78, 5) is 4.10. The Morgan fingerprint density at radius 1 is 1.35 bits per heavy atom. The van der Waals surface area contributed by atoms with Gasteiger partial charge in [-0.2, -0.15) is 15.5 Å². The molecule has 0 aromatic rings. The molecule has 5 atom stereocenters. The van der Waals surface area contributed by atoms with Gasteiger partial charge in [0.05, 0.1) is 18.2 Å². The lowest BCUT2D eigenvalue weighted by Crippen LogP contribution is -2.73. The molecule has 4 heterocycles. The molecule has 4 rings (SSSR count). The average Bonchev–Trinajstić information content (AvgIpc) is 2.62. The fraction of sp³-hybridized carbons (Fsp3) is 0.714. The van der Waals surface area contributed by atoms with Gasteiger partial charge < -0.3 is 9.47 Å². The van der Waals surface area contributed by atoms with E-state index in [0.717, 1.165) is 6.42 Å². The molecule has 0 saturated carbocycles. The number of nitrogens with one attached hydrogen (secondary N) is 1. The summed E-state index contributed by atoms with van der Waals surface area (Å²) in [5.41, 5.74) is -2.56. The van der Waals surface area contributed by atoms with Gasteiger partial charge in [-0.15, -0.1) is 0 Å². The monoisotopic (exact) mass is 272 g/mol. The molecule has 4 bridgehead atoms. The standard InChI is InChI=1S/C14H16N4O2/c1-4-5-9-14(7-16)11-18-10(17)13(14,6-15)8(2)12(3,19-9)20-11/h8-9,17H,4-5H2,1-3H3. The summed E-state index contributed by atoms with van der Waals surface area (Å²) >= 11 is 0. The number of ether oxygens (including phenoxy) is 2. The second-order valence-electron chi connectivity index (χ2n) is 5.84. The molecule has 3 saturated heterocycles. The predicted octanol–water partition coefficient (Wildman–Crippen LogP) is 1.98. The van der Waals surface area contributed by atoms with E-state index in [1.54, 1.807) is 13.8 Å². The number of hydrogen-bond donors (Lipinski definition) is 1. The Morgan fingerprint density at radius 3 is 2.55 bits per heavy atom. The third kappa shape index (κ3) is 1.01. The number of hydrogen-bond acceptors (Lipinski definition) is 5. The fourth-order valence-electron chi connectivity index (χ4n) is 3.83. The lowest BCUT2D eigenvalue weighted by molar-refractivity contribution is -0.330. The van der Waals surface area contributed by atoms with Crippen molar-refractivity contribution in [2.45, 2.75) is 45.5 Å². The molecule has 6 heteroatoms. The molecular formula is C14H16N4O2. The normalized spacial score (nSPS) is 48.2. The first-order valence-electron chi connectivity index (χ1n) is 6.80. The number of nitriles is 2. The molecule has 0 spiro atoms. The lowest BCUT2D eigenvalue weighted by Gasteiger charge is -2.60. The van der Waals surface area contributed by atoms with Gasteiger partial charge >= 0.3 is 0 Å². The van der Waals surface area contributed by atoms with Crippen molar-refractivity contribution >= 4 is 11.7 Å². The highest BCUT2D eigenvalue weighted by Gasteiger charge is 2.81. The van der Waals surface area contributed by atoms with Crippen molar-refractivity contribution in [1.82, 2.24) is 0 Å². The molecule has 5 unspecified atom stereocenters. The number of fused-ring (bicyclic) bond motifs is 1. The molecule has 6 nitrogen and oxygen atoms in total. The Labute approximate surface area is 117 Å². The highest BCUT2D eigenvalue weighted by Crippen LogP contribution is 2.66. The quantitative estimate of drug-likeness (QED) is 0.830. The minimum atomic E-state index is -1.29. The summed E-state index contributed by atoms with van der Waals surface area (Å²) in [6.07, 6.45) is 0.990. The van der Waals surface area contributed by atoms with E-state index in [1.807, 2.05) is 6.92 Å². The number of aliphatic imine (C=N–C) groups is 1. The third-order valence-corrected chi connectivity index (χ3v) is 5.04. The first kappa shape index (κ1) is 13.1. The second-order valence-corrected chi connectivity index (χ2v) is 5.84. The molecule has 4 aliphatic heterocycles. The first-order chi connectivity index (χ1) is 9.42. The van der Waals surface area contributed by atoms with Gasteiger partial charge in [-0.1, -0.05) is 20.3 Å². The Kier molecular flexibility index (Phi) is 2.35. The van der Waals surface area contributed by atoms with Gasteiger partial charge in [-0.25, -0.2) is 0 Å². The summed E-state index contributed by atoms with van der Waals surface area (Å²) in [7, 11) is 0. The summed E-state index contributed by atoms with van der Waals surface area (Å²) in [5.74, 6) is -1.32. The van der Waals surface area contributed by atoms with Crippen LogP contribution in [0, 0.1) is 44.8 Å². The molecule has 0 radical (unpaired) electrons. The third-order valence-electron chi connectivity index (χ3n) is 5.04. The molecule has 20 heavy (non-hydrogen) atoms. The van der Waals surface area contributed by atoms with Gasteiger partial charge in [0.15, 0.2) is 10.8 Å². The van der Waals surface area contributed by atoms with Crippen LogP contribution in [0.2, 0.25) is 0 Å². The minimum absolute atomic E-state index is 0.0721. The van der Waals surface area contributed by atoms with Crippen LogP contribution in [0.3, 0.4) is 0 Å².